The zero-order chi connectivity index (χ0) is 15.1. The van der Waals surface area contributed by atoms with Crippen molar-refractivity contribution in [1.29, 1.82) is 0 Å². The minimum atomic E-state index is -0.789. The fraction of sp³-hybridized carbons (Fsp3) is 0.308. The second-order valence-corrected chi connectivity index (χ2v) is 4.06. The first-order valence-electron chi connectivity index (χ1n) is 5.79. The van der Waals surface area contributed by atoms with Crippen molar-refractivity contribution in [3.05, 3.63) is 45.7 Å². The van der Waals surface area contributed by atoms with Gasteiger partial charge in [0.15, 0.2) is 0 Å². The SMILES string of the molecule is COC(=O)/C(=C/c1ccc(F)cc1OC(C)C)N=[N+]=[N-]. The minimum Gasteiger partial charge on any atom is -0.490 e. The van der Waals surface area contributed by atoms with Gasteiger partial charge in [0.2, 0.25) is 0 Å². The van der Waals surface area contributed by atoms with Gasteiger partial charge < -0.3 is 9.47 Å². The Kier molecular flexibility index (Phi) is 5.56. The standard InChI is InChI=1S/C13H14FN3O3/c1-8(2)20-12-7-10(14)5-4-9(12)6-11(16-17-15)13(18)19-3/h4-8H,1-3H3/b11-6-. The van der Waals surface area contributed by atoms with E-state index in [2.05, 4.69) is 14.8 Å². The average molecular weight is 279 g/mol. The summed E-state index contributed by atoms with van der Waals surface area (Å²) >= 11 is 0. The third kappa shape index (κ3) is 4.29. The number of rotatable bonds is 5. The molecule has 0 N–H and O–H groups in total. The zero-order valence-electron chi connectivity index (χ0n) is 11.3. The summed E-state index contributed by atoms with van der Waals surface area (Å²) in [5.74, 6) is -1.02. The van der Waals surface area contributed by atoms with Gasteiger partial charge in [-0.15, -0.1) is 0 Å². The van der Waals surface area contributed by atoms with Gasteiger partial charge in [-0.2, -0.15) is 0 Å². The number of esters is 1. The maximum Gasteiger partial charge on any atom is 0.340 e. The van der Waals surface area contributed by atoms with E-state index in [1.165, 1.54) is 31.4 Å². The number of carbonyl (C=O) groups excluding carboxylic acids is 1. The van der Waals surface area contributed by atoms with Gasteiger partial charge in [0.05, 0.1) is 13.2 Å². The molecule has 20 heavy (non-hydrogen) atoms. The van der Waals surface area contributed by atoms with Crippen LogP contribution in [0.15, 0.2) is 29.0 Å². The Morgan fingerprint density at radius 3 is 2.75 bits per heavy atom. The molecule has 6 nitrogen and oxygen atoms in total. The van der Waals surface area contributed by atoms with Crippen LogP contribution in [0, 0.1) is 5.82 Å². The summed E-state index contributed by atoms with van der Waals surface area (Å²) in [6.45, 7) is 3.57. The van der Waals surface area contributed by atoms with Crippen molar-refractivity contribution in [2.24, 2.45) is 5.11 Å². The summed E-state index contributed by atoms with van der Waals surface area (Å²) in [6.07, 6.45) is 1.10. The maximum atomic E-state index is 13.2. The van der Waals surface area contributed by atoms with Gasteiger partial charge in [-0.25, -0.2) is 9.18 Å². The highest BCUT2D eigenvalue weighted by atomic mass is 19.1. The average Bonchev–Trinajstić information content (AvgIpc) is 2.39. The van der Waals surface area contributed by atoms with Gasteiger partial charge >= 0.3 is 5.97 Å². The molecule has 0 radical (unpaired) electrons. The van der Waals surface area contributed by atoms with E-state index in [0.717, 1.165) is 0 Å². The molecule has 0 aliphatic rings. The fourth-order valence-corrected chi connectivity index (χ4v) is 1.41. The molecule has 0 aliphatic carbocycles. The molecular weight excluding hydrogens is 265 g/mol. The van der Waals surface area contributed by atoms with Crippen LogP contribution in [0.2, 0.25) is 0 Å². The fourth-order valence-electron chi connectivity index (χ4n) is 1.41. The van der Waals surface area contributed by atoms with Crippen molar-refractivity contribution in [2.75, 3.05) is 7.11 Å². The lowest BCUT2D eigenvalue weighted by Crippen LogP contribution is -2.07. The smallest absolute Gasteiger partial charge is 0.340 e. The first-order valence-corrected chi connectivity index (χ1v) is 5.79. The number of hydrogen-bond donors (Lipinski definition) is 0. The number of carbonyl (C=O) groups is 1. The van der Waals surface area contributed by atoms with Gasteiger partial charge in [0.25, 0.3) is 0 Å². The van der Waals surface area contributed by atoms with Crippen LogP contribution in [0.5, 0.6) is 5.75 Å². The summed E-state index contributed by atoms with van der Waals surface area (Å²) in [6, 6.07) is 3.82. The van der Waals surface area contributed by atoms with Crippen LogP contribution in [0.25, 0.3) is 16.5 Å². The predicted molar refractivity (Wildman–Crippen MR) is 71.3 cm³/mol. The first kappa shape index (κ1) is 15.5. The third-order valence-corrected chi connectivity index (χ3v) is 2.18. The number of hydrogen-bond acceptors (Lipinski definition) is 4. The first-order chi connectivity index (χ1) is 9.47. The van der Waals surface area contributed by atoms with Crippen molar-refractivity contribution in [3.63, 3.8) is 0 Å². The molecule has 0 amide bonds. The Morgan fingerprint density at radius 2 is 2.20 bits per heavy atom. The summed E-state index contributed by atoms with van der Waals surface area (Å²) in [4.78, 5) is 14.0. The van der Waals surface area contributed by atoms with Crippen LogP contribution >= 0.6 is 0 Å². The molecule has 0 aliphatic heterocycles. The number of nitrogens with zero attached hydrogens (tertiary/aromatic N) is 3. The largest absolute Gasteiger partial charge is 0.490 e. The van der Waals surface area contributed by atoms with Gasteiger partial charge in [-0.05, 0) is 37.6 Å². The Hall–Kier alpha value is -2.53. The van der Waals surface area contributed by atoms with E-state index in [4.69, 9.17) is 10.3 Å². The van der Waals surface area contributed by atoms with Crippen LogP contribution in [-0.4, -0.2) is 19.2 Å². The normalized spacial score (nSPS) is 10.9. The quantitative estimate of drug-likeness (QED) is 0.272. The van der Waals surface area contributed by atoms with Gasteiger partial charge in [0, 0.05) is 16.5 Å². The van der Waals surface area contributed by atoms with Crippen molar-refractivity contribution in [3.8, 4) is 5.75 Å². The number of ether oxygens (including phenoxy) is 2. The van der Waals surface area contributed by atoms with E-state index in [1.54, 1.807) is 13.8 Å². The second-order valence-electron chi connectivity index (χ2n) is 4.06. The van der Waals surface area contributed by atoms with Crippen molar-refractivity contribution >= 4 is 12.0 Å². The van der Waals surface area contributed by atoms with Crippen LogP contribution < -0.4 is 4.74 Å². The number of methoxy groups -OCH3 is 1. The molecule has 106 valence electrons. The zero-order valence-corrected chi connectivity index (χ0v) is 11.3. The molecule has 0 fully saturated rings. The summed E-state index contributed by atoms with van der Waals surface area (Å²) < 4.78 is 23.2. The predicted octanol–water partition coefficient (Wildman–Crippen LogP) is 3.44. The summed E-state index contributed by atoms with van der Waals surface area (Å²) in [7, 11) is 1.17. The number of azide groups is 1. The van der Waals surface area contributed by atoms with E-state index >= 15 is 0 Å². The molecule has 0 saturated carbocycles. The molecule has 0 bridgehead atoms. The molecule has 7 heteroatoms. The van der Waals surface area contributed by atoms with E-state index in [0.29, 0.717) is 5.56 Å². The van der Waals surface area contributed by atoms with E-state index < -0.39 is 11.8 Å². The molecule has 0 atom stereocenters. The Balaban J connectivity index is 3.29. The van der Waals surface area contributed by atoms with Crippen LogP contribution in [-0.2, 0) is 9.53 Å². The Labute approximate surface area is 115 Å². The van der Waals surface area contributed by atoms with Gasteiger partial charge in [-0.3, -0.25) is 0 Å². The van der Waals surface area contributed by atoms with Gasteiger partial charge in [-0.1, -0.05) is 5.11 Å². The lowest BCUT2D eigenvalue weighted by Gasteiger charge is -2.12. The van der Waals surface area contributed by atoms with E-state index in [1.807, 2.05) is 0 Å². The molecule has 1 aromatic carbocycles. The third-order valence-electron chi connectivity index (χ3n) is 2.18. The van der Waals surface area contributed by atoms with Gasteiger partial charge in [0.1, 0.15) is 17.3 Å². The molecule has 0 saturated heterocycles. The number of halogens is 1. The molecule has 0 unspecified atom stereocenters. The van der Waals surface area contributed by atoms with E-state index in [9.17, 15) is 9.18 Å². The molecule has 1 aromatic rings. The highest BCUT2D eigenvalue weighted by Gasteiger charge is 2.11. The lowest BCUT2D eigenvalue weighted by atomic mass is 10.1. The monoisotopic (exact) mass is 279 g/mol. The minimum absolute atomic E-state index is 0.176. The number of benzene rings is 1. The topological polar surface area (TPSA) is 84.3 Å². The van der Waals surface area contributed by atoms with Crippen molar-refractivity contribution < 1.29 is 18.7 Å². The molecule has 0 heterocycles. The molecule has 0 spiro atoms. The lowest BCUT2D eigenvalue weighted by molar-refractivity contribution is -0.136. The molecule has 0 aromatic heterocycles. The Morgan fingerprint density at radius 1 is 1.50 bits per heavy atom. The second kappa shape index (κ2) is 7.16. The van der Waals surface area contributed by atoms with Crippen molar-refractivity contribution in [2.45, 2.75) is 20.0 Å². The highest BCUT2D eigenvalue weighted by molar-refractivity contribution is 5.93. The van der Waals surface area contributed by atoms with Crippen molar-refractivity contribution in [1.82, 2.24) is 0 Å². The molecule has 1 rings (SSSR count). The molecular formula is C13H14FN3O3. The highest BCUT2D eigenvalue weighted by Crippen LogP contribution is 2.24. The van der Waals surface area contributed by atoms with Crippen LogP contribution in [0.1, 0.15) is 19.4 Å². The van der Waals surface area contributed by atoms with Crippen LogP contribution in [0.4, 0.5) is 4.39 Å². The Bertz CT molecular complexity index is 578. The van der Waals surface area contributed by atoms with Crippen LogP contribution in [0.3, 0.4) is 0 Å². The summed E-state index contributed by atoms with van der Waals surface area (Å²) in [5.41, 5.74) is 8.61. The maximum absolute atomic E-state index is 13.2. The van der Waals surface area contributed by atoms with E-state index in [-0.39, 0.29) is 17.6 Å². The summed E-state index contributed by atoms with van der Waals surface area (Å²) in [5, 5.41) is 3.25.